The first-order valence-corrected chi connectivity index (χ1v) is 7.91. The largest absolute Gasteiger partial charge is 0.379 e. The van der Waals surface area contributed by atoms with E-state index in [-0.39, 0.29) is 0 Å². The second-order valence-corrected chi connectivity index (χ2v) is 5.11. The summed E-state index contributed by atoms with van der Waals surface area (Å²) in [5.74, 6) is 0. The quantitative estimate of drug-likeness (QED) is 0.554. The Kier molecular flexibility index (Phi) is 11.4. The molecule has 1 aliphatic heterocycles. The van der Waals surface area contributed by atoms with Crippen LogP contribution in [0.1, 0.15) is 45.4 Å². The van der Waals surface area contributed by atoms with E-state index in [0.29, 0.717) is 32.5 Å². The van der Waals surface area contributed by atoms with Gasteiger partial charge in [-0.05, 0) is 32.4 Å². The fourth-order valence-corrected chi connectivity index (χ4v) is 2.19. The molecule has 0 spiro atoms. The molecule has 0 unspecified atom stereocenters. The molecule has 1 heterocycles. The van der Waals surface area contributed by atoms with Crippen molar-refractivity contribution in [3.63, 3.8) is 0 Å². The Morgan fingerprint density at radius 1 is 0.842 bits per heavy atom. The van der Waals surface area contributed by atoms with Crippen molar-refractivity contribution in [1.82, 2.24) is 5.32 Å². The highest BCUT2D eigenvalue weighted by Gasteiger charge is 2.12. The molecule has 1 N–H and O–H groups in total. The van der Waals surface area contributed by atoms with Crippen LogP contribution in [-0.4, -0.2) is 52.2 Å². The number of unbranched alkanes of at least 4 members (excludes halogenated alkanes) is 3. The Bertz CT molecular complexity index is 184. The van der Waals surface area contributed by atoms with Gasteiger partial charge in [-0.3, -0.25) is 0 Å². The summed E-state index contributed by atoms with van der Waals surface area (Å²) in [6.45, 7) is 8.04. The van der Waals surface area contributed by atoms with Crippen LogP contribution in [-0.2, 0) is 14.2 Å². The van der Waals surface area contributed by atoms with E-state index in [1.807, 2.05) is 0 Å². The zero-order valence-electron chi connectivity index (χ0n) is 12.5. The minimum atomic E-state index is 0.430. The molecule has 0 radical (unpaired) electrons. The predicted molar refractivity (Wildman–Crippen MR) is 77.6 cm³/mol. The molecule has 0 aromatic heterocycles. The first-order chi connectivity index (χ1) is 9.43. The molecule has 1 saturated heterocycles. The minimum absolute atomic E-state index is 0.430. The molecule has 19 heavy (non-hydrogen) atoms. The maximum Gasteiger partial charge on any atom is 0.0704 e. The lowest BCUT2D eigenvalue weighted by Gasteiger charge is -2.22. The predicted octanol–water partition coefficient (Wildman–Crippen LogP) is 2.37. The summed E-state index contributed by atoms with van der Waals surface area (Å²) in [6, 6.07) is 0. The van der Waals surface area contributed by atoms with Gasteiger partial charge in [-0.1, -0.05) is 26.2 Å². The molecule has 1 rings (SSSR count). The van der Waals surface area contributed by atoms with Crippen molar-refractivity contribution < 1.29 is 14.2 Å². The second kappa shape index (κ2) is 12.9. The Balaban J connectivity index is 1.71. The summed E-state index contributed by atoms with van der Waals surface area (Å²) in [7, 11) is 0. The first-order valence-electron chi connectivity index (χ1n) is 7.91. The van der Waals surface area contributed by atoms with E-state index in [9.17, 15) is 0 Å². The van der Waals surface area contributed by atoms with Gasteiger partial charge < -0.3 is 19.5 Å². The SMILES string of the molecule is CCCCCCOCCOCCOC1CCNCC1. The van der Waals surface area contributed by atoms with Crippen molar-refractivity contribution in [2.45, 2.75) is 51.6 Å². The van der Waals surface area contributed by atoms with E-state index < -0.39 is 0 Å². The maximum atomic E-state index is 5.75. The number of piperidine rings is 1. The van der Waals surface area contributed by atoms with Gasteiger partial charge in [0.2, 0.25) is 0 Å². The molecule has 0 bridgehead atoms. The molecular formula is C15H31NO3. The molecular weight excluding hydrogens is 242 g/mol. The standard InChI is InChI=1S/C15H31NO3/c1-2-3-4-5-10-17-11-12-18-13-14-19-15-6-8-16-9-7-15/h15-16H,2-14H2,1H3. The molecule has 4 nitrogen and oxygen atoms in total. The lowest BCUT2D eigenvalue weighted by Crippen LogP contribution is -2.33. The highest BCUT2D eigenvalue weighted by atomic mass is 16.5. The summed E-state index contributed by atoms with van der Waals surface area (Å²) in [6.07, 6.45) is 7.73. The van der Waals surface area contributed by atoms with Gasteiger partial charge in [-0.25, -0.2) is 0 Å². The van der Waals surface area contributed by atoms with E-state index in [0.717, 1.165) is 32.5 Å². The van der Waals surface area contributed by atoms with Crippen LogP contribution < -0.4 is 5.32 Å². The summed E-state index contributed by atoms with van der Waals surface area (Å²) in [4.78, 5) is 0. The zero-order chi connectivity index (χ0) is 13.6. The number of nitrogens with one attached hydrogen (secondary N) is 1. The van der Waals surface area contributed by atoms with Crippen molar-refractivity contribution in [2.24, 2.45) is 0 Å². The van der Waals surface area contributed by atoms with Gasteiger partial charge in [0.25, 0.3) is 0 Å². The van der Waals surface area contributed by atoms with Gasteiger partial charge >= 0.3 is 0 Å². The van der Waals surface area contributed by atoms with Crippen LogP contribution in [0.4, 0.5) is 0 Å². The van der Waals surface area contributed by atoms with Gasteiger partial charge in [-0.2, -0.15) is 0 Å². The second-order valence-electron chi connectivity index (χ2n) is 5.11. The molecule has 0 aromatic carbocycles. The van der Waals surface area contributed by atoms with Gasteiger partial charge in [0.15, 0.2) is 0 Å². The normalized spacial score (nSPS) is 16.9. The van der Waals surface area contributed by atoms with Gasteiger partial charge in [0, 0.05) is 6.61 Å². The lowest BCUT2D eigenvalue weighted by molar-refractivity contribution is -0.0199. The molecule has 0 saturated carbocycles. The van der Waals surface area contributed by atoms with E-state index >= 15 is 0 Å². The van der Waals surface area contributed by atoms with Gasteiger partial charge in [0.05, 0.1) is 32.5 Å². The maximum absolute atomic E-state index is 5.75. The van der Waals surface area contributed by atoms with E-state index in [2.05, 4.69) is 12.2 Å². The fourth-order valence-electron chi connectivity index (χ4n) is 2.19. The summed E-state index contributed by atoms with van der Waals surface area (Å²) in [5, 5.41) is 3.33. The average molecular weight is 273 g/mol. The molecule has 0 aromatic rings. The third-order valence-electron chi connectivity index (χ3n) is 3.38. The molecule has 4 heteroatoms. The van der Waals surface area contributed by atoms with Crippen LogP contribution in [0.5, 0.6) is 0 Å². The van der Waals surface area contributed by atoms with Crippen LogP contribution >= 0.6 is 0 Å². The third kappa shape index (κ3) is 10.3. The smallest absolute Gasteiger partial charge is 0.0704 e. The Labute approximate surface area is 118 Å². The van der Waals surface area contributed by atoms with Crippen molar-refractivity contribution >= 4 is 0 Å². The summed E-state index contributed by atoms with van der Waals surface area (Å²) < 4.78 is 16.7. The zero-order valence-corrected chi connectivity index (χ0v) is 12.5. The Morgan fingerprint density at radius 3 is 2.26 bits per heavy atom. The first kappa shape index (κ1) is 16.9. The molecule has 0 amide bonds. The highest BCUT2D eigenvalue weighted by Crippen LogP contribution is 2.06. The third-order valence-corrected chi connectivity index (χ3v) is 3.38. The van der Waals surface area contributed by atoms with Crippen LogP contribution in [0.2, 0.25) is 0 Å². The van der Waals surface area contributed by atoms with Gasteiger partial charge in [0.1, 0.15) is 0 Å². The van der Waals surface area contributed by atoms with Crippen LogP contribution in [0, 0.1) is 0 Å². The van der Waals surface area contributed by atoms with Crippen LogP contribution in [0.25, 0.3) is 0 Å². The van der Waals surface area contributed by atoms with Crippen LogP contribution in [0.3, 0.4) is 0 Å². The van der Waals surface area contributed by atoms with Crippen molar-refractivity contribution in [1.29, 1.82) is 0 Å². The van der Waals surface area contributed by atoms with E-state index in [1.165, 1.54) is 25.7 Å². The van der Waals surface area contributed by atoms with Crippen LogP contribution in [0.15, 0.2) is 0 Å². The Hall–Kier alpha value is -0.160. The number of ether oxygens (including phenoxy) is 3. The number of hydrogen-bond acceptors (Lipinski definition) is 4. The lowest BCUT2D eigenvalue weighted by atomic mass is 10.1. The molecule has 1 fully saturated rings. The van der Waals surface area contributed by atoms with E-state index in [4.69, 9.17) is 14.2 Å². The summed E-state index contributed by atoms with van der Waals surface area (Å²) in [5.41, 5.74) is 0. The average Bonchev–Trinajstić information content (AvgIpc) is 2.46. The molecule has 0 aliphatic carbocycles. The minimum Gasteiger partial charge on any atom is -0.379 e. The topological polar surface area (TPSA) is 39.7 Å². The molecule has 1 aliphatic rings. The van der Waals surface area contributed by atoms with Crippen molar-refractivity contribution in [3.05, 3.63) is 0 Å². The highest BCUT2D eigenvalue weighted by molar-refractivity contribution is 4.67. The monoisotopic (exact) mass is 273 g/mol. The van der Waals surface area contributed by atoms with Gasteiger partial charge in [-0.15, -0.1) is 0 Å². The molecule has 114 valence electrons. The fraction of sp³-hybridized carbons (Fsp3) is 1.00. The number of rotatable bonds is 12. The van der Waals surface area contributed by atoms with Crippen molar-refractivity contribution in [2.75, 3.05) is 46.1 Å². The Morgan fingerprint density at radius 2 is 1.53 bits per heavy atom. The number of hydrogen-bond donors (Lipinski definition) is 1. The van der Waals surface area contributed by atoms with E-state index in [1.54, 1.807) is 0 Å². The molecule has 0 atom stereocenters. The van der Waals surface area contributed by atoms with Crippen molar-refractivity contribution in [3.8, 4) is 0 Å². The summed E-state index contributed by atoms with van der Waals surface area (Å²) >= 11 is 0.